The SMILES string of the molecule is Cc1cccc(C)c1N1CCC(C)(N)CC1. The minimum Gasteiger partial charge on any atom is -0.371 e. The smallest absolute Gasteiger partial charge is 0.0425 e. The molecule has 0 bridgehead atoms. The highest BCUT2D eigenvalue weighted by Gasteiger charge is 2.26. The van der Waals surface area contributed by atoms with E-state index in [1.165, 1.54) is 16.8 Å². The van der Waals surface area contributed by atoms with E-state index in [-0.39, 0.29) is 5.54 Å². The number of aryl methyl sites for hydroxylation is 2. The van der Waals surface area contributed by atoms with Gasteiger partial charge in [0.25, 0.3) is 0 Å². The molecule has 2 rings (SSSR count). The predicted molar refractivity (Wildman–Crippen MR) is 70.0 cm³/mol. The number of piperidine rings is 1. The van der Waals surface area contributed by atoms with Crippen LogP contribution in [0.4, 0.5) is 5.69 Å². The lowest BCUT2D eigenvalue weighted by Crippen LogP contribution is -2.48. The van der Waals surface area contributed by atoms with Crippen molar-refractivity contribution in [1.82, 2.24) is 0 Å². The lowest BCUT2D eigenvalue weighted by Gasteiger charge is -2.39. The standard InChI is InChI=1S/C14H22N2/c1-11-5-4-6-12(2)13(11)16-9-7-14(3,15)8-10-16/h4-6H,7-10,15H2,1-3H3. The number of para-hydroxylation sites is 1. The van der Waals surface area contributed by atoms with Gasteiger partial charge in [0.15, 0.2) is 0 Å². The second-order valence-corrected chi connectivity index (χ2v) is 5.38. The Morgan fingerprint density at radius 3 is 2.12 bits per heavy atom. The number of rotatable bonds is 1. The Morgan fingerprint density at radius 1 is 1.12 bits per heavy atom. The van der Waals surface area contributed by atoms with Crippen molar-refractivity contribution in [3.63, 3.8) is 0 Å². The zero-order valence-corrected chi connectivity index (χ0v) is 10.6. The van der Waals surface area contributed by atoms with E-state index in [0.29, 0.717) is 0 Å². The second-order valence-electron chi connectivity index (χ2n) is 5.38. The number of nitrogens with two attached hydrogens (primary N) is 1. The Kier molecular flexibility index (Phi) is 2.94. The van der Waals surface area contributed by atoms with E-state index in [4.69, 9.17) is 5.73 Å². The normalized spacial score (nSPS) is 19.9. The number of nitrogens with zero attached hydrogens (tertiary/aromatic N) is 1. The highest BCUT2D eigenvalue weighted by Crippen LogP contribution is 2.29. The largest absolute Gasteiger partial charge is 0.371 e. The Bertz CT molecular complexity index is 352. The third-order valence-corrected chi connectivity index (χ3v) is 3.66. The van der Waals surface area contributed by atoms with Crippen LogP contribution in [0.15, 0.2) is 18.2 Å². The molecule has 0 spiro atoms. The predicted octanol–water partition coefficient (Wildman–Crippen LogP) is 2.62. The van der Waals surface area contributed by atoms with E-state index in [1.54, 1.807) is 0 Å². The van der Waals surface area contributed by atoms with Crippen molar-refractivity contribution in [2.24, 2.45) is 5.73 Å². The van der Waals surface area contributed by atoms with Crippen LogP contribution in [0.2, 0.25) is 0 Å². The molecule has 0 saturated carbocycles. The van der Waals surface area contributed by atoms with Gasteiger partial charge in [0.05, 0.1) is 0 Å². The molecule has 16 heavy (non-hydrogen) atoms. The van der Waals surface area contributed by atoms with Gasteiger partial charge in [-0.3, -0.25) is 0 Å². The molecule has 0 radical (unpaired) electrons. The molecule has 0 unspecified atom stereocenters. The molecule has 1 heterocycles. The number of anilines is 1. The van der Waals surface area contributed by atoms with E-state index in [2.05, 4.69) is 43.9 Å². The molecule has 1 aromatic rings. The summed E-state index contributed by atoms with van der Waals surface area (Å²) in [6, 6.07) is 6.52. The first-order chi connectivity index (χ1) is 7.49. The van der Waals surface area contributed by atoms with Crippen LogP contribution in [0.25, 0.3) is 0 Å². The van der Waals surface area contributed by atoms with Crippen molar-refractivity contribution >= 4 is 5.69 Å². The van der Waals surface area contributed by atoms with Gasteiger partial charge in [0.2, 0.25) is 0 Å². The quantitative estimate of drug-likeness (QED) is 0.785. The van der Waals surface area contributed by atoms with Crippen molar-refractivity contribution in [1.29, 1.82) is 0 Å². The monoisotopic (exact) mass is 218 g/mol. The summed E-state index contributed by atoms with van der Waals surface area (Å²) in [4.78, 5) is 2.49. The summed E-state index contributed by atoms with van der Waals surface area (Å²) in [5, 5.41) is 0. The highest BCUT2D eigenvalue weighted by molar-refractivity contribution is 5.59. The fraction of sp³-hybridized carbons (Fsp3) is 0.571. The van der Waals surface area contributed by atoms with Gasteiger partial charge in [-0.15, -0.1) is 0 Å². The third-order valence-electron chi connectivity index (χ3n) is 3.66. The Balaban J connectivity index is 2.20. The molecular weight excluding hydrogens is 196 g/mol. The van der Waals surface area contributed by atoms with Gasteiger partial charge in [-0.05, 0) is 44.7 Å². The Morgan fingerprint density at radius 2 is 1.62 bits per heavy atom. The lowest BCUT2D eigenvalue weighted by atomic mass is 9.90. The minimum absolute atomic E-state index is 0.0348. The van der Waals surface area contributed by atoms with Crippen LogP contribution in [0.5, 0.6) is 0 Å². The van der Waals surface area contributed by atoms with E-state index in [1.807, 2.05) is 0 Å². The molecule has 0 aliphatic carbocycles. The number of hydrogen-bond donors (Lipinski definition) is 1. The first kappa shape index (κ1) is 11.5. The summed E-state index contributed by atoms with van der Waals surface area (Å²) in [6.07, 6.45) is 2.17. The van der Waals surface area contributed by atoms with Gasteiger partial charge in [-0.25, -0.2) is 0 Å². The summed E-state index contributed by atoms with van der Waals surface area (Å²) in [5.41, 5.74) is 10.4. The molecule has 2 nitrogen and oxygen atoms in total. The summed E-state index contributed by atoms with van der Waals surface area (Å²) < 4.78 is 0. The van der Waals surface area contributed by atoms with Crippen molar-refractivity contribution in [2.75, 3.05) is 18.0 Å². The molecule has 88 valence electrons. The molecule has 1 aromatic carbocycles. The highest BCUT2D eigenvalue weighted by atomic mass is 15.1. The van der Waals surface area contributed by atoms with Gasteiger partial charge < -0.3 is 10.6 Å². The Hall–Kier alpha value is -1.02. The van der Waals surface area contributed by atoms with Crippen LogP contribution in [0, 0.1) is 13.8 Å². The van der Waals surface area contributed by atoms with Crippen molar-refractivity contribution < 1.29 is 0 Å². The number of hydrogen-bond acceptors (Lipinski definition) is 2. The van der Waals surface area contributed by atoms with Gasteiger partial charge in [0, 0.05) is 24.3 Å². The molecule has 0 aromatic heterocycles. The van der Waals surface area contributed by atoms with Crippen molar-refractivity contribution in [3.8, 4) is 0 Å². The topological polar surface area (TPSA) is 29.3 Å². The molecule has 2 N–H and O–H groups in total. The molecular formula is C14H22N2. The summed E-state index contributed by atoms with van der Waals surface area (Å²) >= 11 is 0. The first-order valence-corrected chi connectivity index (χ1v) is 6.10. The number of benzene rings is 1. The fourth-order valence-corrected chi connectivity index (χ4v) is 2.55. The summed E-state index contributed by atoms with van der Waals surface area (Å²) in [6.45, 7) is 8.71. The average molecular weight is 218 g/mol. The maximum Gasteiger partial charge on any atom is 0.0425 e. The average Bonchev–Trinajstić information content (AvgIpc) is 2.20. The van der Waals surface area contributed by atoms with Crippen LogP contribution in [0.1, 0.15) is 30.9 Å². The summed E-state index contributed by atoms with van der Waals surface area (Å²) in [7, 11) is 0. The molecule has 1 aliphatic heterocycles. The van der Waals surface area contributed by atoms with Crippen LogP contribution in [-0.2, 0) is 0 Å². The van der Waals surface area contributed by atoms with Crippen LogP contribution >= 0.6 is 0 Å². The van der Waals surface area contributed by atoms with Gasteiger partial charge in [-0.1, -0.05) is 18.2 Å². The first-order valence-electron chi connectivity index (χ1n) is 6.10. The fourth-order valence-electron chi connectivity index (χ4n) is 2.55. The third kappa shape index (κ3) is 2.22. The van der Waals surface area contributed by atoms with Crippen LogP contribution < -0.4 is 10.6 Å². The van der Waals surface area contributed by atoms with E-state index >= 15 is 0 Å². The molecule has 1 saturated heterocycles. The maximum absolute atomic E-state index is 6.17. The maximum atomic E-state index is 6.17. The van der Waals surface area contributed by atoms with E-state index in [0.717, 1.165) is 25.9 Å². The van der Waals surface area contributed by atoms with Gasteiger partial charge >= 0.3 is 0 Å². The van der Waals surface area contributed by atoms with Gasteiger partial charge in [-0.2, -0.15) is 0 Å². The second kappa shape index (κ2) is 4.10. The van der Waals surface area contributed by atoms with E-state index in [9.17, 15) is 0 Å². The summed E-state index contributed by atoms with van der Waals surface area (Å²) in [5.74, 6) is 0. The van der Waals surface area contributed by atoms with Gasteiger partial charge in [0.1, 0.15) is 0 Å². The van der Waals surface area contributed by atoms with Crippen LogP contribution in [-0.4, -0.2) is 18.6 Å². The molecule has 1 aliphatic rings. The zero-order chi connectivity index (χ0) is 11.8. The lowest BCUT2D eigenvalue weighted by molar-refractivity contribution is 0.364. The Labute approximate surface area is 98.4 Å². The molecule has 1 fully saturated rings. The molecule has 2 heteroatoms. The van der Waals surface area contributed by atoms with Crippen molar-refractivity contribution in [3.05, 3.63) is 29.3 Å². The molecule has 0 atom stereocenters. The molecule has 0 amide bonds. The van der Waals surface area contributed by atoms with E-state index < -0.39 is 0 Å². The van der Waals surface area contributed by atoms with Crippen LogP contribution in [0.3, 0.4) is 0 Å². The zero-order valence-electron chi connectivity index (χ0n) is 10.6. The van der Waals surface area contributed by atoms with Crippen molar-refractivity contribution in [2.45, 2.75) is 39.2 Å². The minimum atomic E-state index is 0.0348.